The molecule has 0 bridgehead atoms. The number of halogens is 1. The summed E-state index contributed by atoms with van der Waals surface area (Å²) in [5.41, 5.74) is 6.79. The van der Waals surface area contributed by atoms with Gasteiger partial charge >= 0.3 is 0 Å². The van der Waals surface area contributed by atoms with Gasteiger partial charge in [0.2, 0.25) is 0 Å². The van der Waals surface area contributed by atoms with Gasteiger partial charge in [0, 0.05) is 13.1 Å². The van der Waals surface area contributed by atoms with Crippen LogP contribution in [0.5, 0.6) is 0 Å². The van der Waals surface area contributed by atoms with E-state index in [1.807, 2.05) is 30.3 Å². The predicted molar refractivity (Wildman–Crippen MR) is 106 cm³/mol. The van der Waals surface area contributed by atoms with Crippen molar-refractivity contribution in [2.45, 2.75) is 31.4 Å². The lowest BCUT2D eigenvalue weighted by molar-refractivity contribution is 0.429. The Hall–Kier alpha value is -0.830. The summed E-state index contributed by atoms with van der Waals surface area (Å²) in [7, 11) is -3.15. The average molecular weight is 451 g/mol. The van der Waals surface area contributed by atoms with Crippen molar-refractivity contribution in [2.24, 2.45) is 10.7 Å². The number of rotatable bonds is 5. The van der Waals surface area contributed by atoms with E-state index in [1.165, 1.54) is 12.8 Å². The van der Waals surface area contributed by atoms with Crippen molar-refractivity contribution in [3.05, 3.63) is 35.9 Å². The summed E-state index contributed by atoms with van der Waals surface area (Å²) in [6.07, 6.45) is 4.72. The van der Waals surface area contributed by atoms with Crippen molar-refractivity contribution in [2.75, 3.05) is 25.4 Å². The van der Waals surface area contributed by atoms with Gasteiger partial charge in [0.05, 0.1) is 18.1 Å². The molecule has 1 fully saturated rings. The van der Waals surface area contributed by atoms with E-state index in [0.29, 0.717) is 5.96 Å². The molecule has 1 aromatic rings. The van der Waals surface area contributed by atoms with Crippen LogP contribution >= 0.6 is 24.0 Å². The van der Waals surface area contributed by atoms with Gasteiger partial charge in [0.1, 0.15) is 0 Å². The molecule has 0 saturated carbocycles. The highest BCUT2D eigenvalue weighted by Crippen LogP contribution is 2.09. The summed E-state index contributed by atoms with van der Waals surface area (Å²) >= 11 is 0. The highest BCUT2D eigenvalue weighted by molar-refractivity contribution is 14.0. The first-order valence-corrected chi connectivity index (χ1v) is 9.68. The van der Waals surface area contributed by atoms with Crippen LogP contribution in [0.15, 0.2) is 35.3 Å². The highest BCUT2D eigenvalue weighted by Gasteiger charge is 2.13. The van der Waals surface area contributed by atoms with Crippen LogP contribution in [0.1, 0.15) is 31.2 Å². The standard InChI is InChI=1S/C16H25N3O2S.HI/c17-16(19-11-6-1-2-7-12-19)18-10-13-22(20,21)14-15-8-4-3-5-9-15;/h3-5,8-9H,1-2,6-7,10-14H2,(H2,17,18);1H. The Kier molecular flexibility index (Phi) is 8.90. The molecule has 7 heteroatoms. The number of nitrogens with two attached hydrogens (primary N) is 1. The minimum atomic E-state index is -3.15. The fourth-order valence-electron chi connectivity index (χ4n) is 2.60. The molecule has 23 heavy (non-hydrogen) atoms. The van der Waals surface area contributed by atoms with Crippen molar-refractivity contribution in [3.8, 4) is 0 Å². The number of likely N-dealkylation sites (tertiary alicyclic amines) is 1. The number of nitrogens with zero attached hydrogens (tertiary/aromatic N) is 2. The number of benzene rings is 1. The van der Waals surface area contributed by atoms with Crippen LogP contribution in [0.3, 0.4) is 0 Å². The normalized spacial score (nSPS) is 16.5. The third kappa shape index (κ3) is 7.52. The lowest BCUT2D eigenvalue weighted by Crippen LogP contribution is -2.38. The topological polar surface area (TPSA) is 75.8 Å². The van der Waals surface area contributed by atoms with Crippen LogP contribution in [0.4, 0.5) is 0 Å². The molecule has 0 aliphatic carbocycles. The van der Waals surface area contributed by atoms with Gasteiger partial charge in [-0.1, -0.05) is 43.2 Å². The van der Waals surface area contributed by atoms with Crippen LogP contribution in [0.2, 0.25) is 0 Å². The van der Waals surface area contributed by atoms with Crippen molar-refractivity contribution in [1.29, 1.82) is 0 Å². The van der Waals surface area contributed by atoms with Gasteiger partial charge in [-0.05, 0) is 18.4 Å². The van der Waals surface area contributed by atoms with E-state index in [9.17, 15) is 8.42 Å². The molecule has 130 valence electrons. The van der Waals surface area contributed by atoms with Crippen molar-refractivity contribution >= 4 is 39.8 Å². The van der Waals surface area contributed by atoms with Crippen LogP contribution in [-0.2, 0) is 15.6 Å². The van der Waals surface area contributed by atoms with Crippen LogP contribution in [-0.4, -0.2) is 44.7 Å². The summed E-state index contributed by atoms with van der Waals surface area (Å²) in [4.78, 5) is 6.32. The maximum Gasteiger partial charge on any atom is 0.191 e. The molecule has 0 spiro atoms. The molecule has 2 rings (SSSR count). The van der Waals surface area contributed by atoms with Gasteiger partial charge in [0.25, 0.3) is 0 Å². The molecule has 2 N–H and O–H groups in total. The number of sulfone groups is 1. The summed E-state index contributed by atoms with van der Waals surface area (Å²) < 4.78 is 24.2. The second-order valence-electron chi connectivity index (χ2n) is 5.72. The molecule has 0 aromatic heterocycles. The van der Waals surface area contributed by atoms with Crippen molar-refractivity contribution in [1.82, 2.24) is 4.90 Å². The van der Waals surface area contributed by atoms with Gasteiger partial charge in [0.15, 0.2) is 15.8 Å². The molecule has 1 aliphatic rings. The Balaban J connectivity index is 0.00000264. The number of hydrogen-bond donors (Lipinski definition) is 1. The monoisotopic (exact) mass is 451 g/mol. The van der Waals surface area contributed by atoms with Crippen LogP contribution < -0.4 is 5.73 Å². The Morgan fingerprint density at radius 3 is 2.30 bits per heavy atom. The first-order chi connectivity index (χ1) is 10.6. The lowest BCUT2D eigenvalue weighted by Gasteiger charge is -2.21. The zero-order valence-electron chi connectivity index (χ0n) is 13.4. The van der Waals surface area contributed by atoms with E-state index in [1.54, 1.807) is 0 Å². The molecule has 0 radical (unpaired) electrons. The van der Waals surface area contributed by atoms with E-state index >= 15 is 0 Å². The molecule has 0 amide bonds. The SMILES string of the molecule is I.NC(=NCCS(=O)(=O)Cc1ccccc1)N1CCCCCC1. The third-order valence-electron chi connectivity index (χ3n) is 3.84. The smallest absolute Gasteiger partial charge is 0.191 e. The Labute approximate surface area is 156 Å². The number of hydrogen-bond acceptors (Lipinski definition) is 3. The van der Waals surface area contributed by atoms with Gasteiger partial charge in [-0.25, -0.2) is 8.42 Å². The zero-order chi connectivity index (χ0) is 15.8. The first kappa shape index (κ1) is 20.2. The zero-order valence-corrected chi connectivity index (χ0v) is 16.5. The van der Waals surface area contributed by atoms with Crippen molar-refractivity contribution in [3.63, 3.8) is 0 Å². The summed E-state index contributed by atoms with van der Waals surface area (Å²) in [6, 6.07) is 9.22. The minimum Gasteiger partial charge on any atom is -0.370 e. The first-order valence-electron chi connectivity index (χ1n) is 7.86. The summed E-state index contributed by atoms with van der Waals surface area (Å²) in [5.74, 6) is 0.584. The average Bonchev–Trinajstić information content (AvgIpc) is 2.76. The Bertz CT molecular complexity index is 583. The minimum absolute atomic E-state index is 0. The molecular formula is C16H26IN3O2S. The quantitative estimate of drug-likeness (QED) is 0.424. The molecule has 0 atom stereocenters. The van der Waals surface area contributed by atoms with Gasteiger partial charge in [-0.2, -0.15) is 0 Å². The fraction of sp³-hybridized carbons (Fsp3) is 0.562. The third-order valence-corrected chi connectivity index (χ3v) is 5.41. The second-order valence-corrected chi connectivity index (χ2v) is 7.90. The molecule has 0 unspecified atom stereocenters. The molecule has 1 saturated heterocycles. The maximum absolute atomic E-state index is 12.1. The largest absolute Gasteiger partial charge is 0.370 e. The van der Waals surface area contributed by atoms with E-state index in [-0.39, 0.29) is 42.0 Å². The summed E-state index contributed by atoms with van der Waals surface area (Å²) in [5, 5.41) is 0. The summed E-state index contributed by atoms with van der Waals surface area (Å²) in [6.45, 7) is 2.08. The van der Waals surface area contributed by atoms with Gasteiger partial charge < -0.3 is 10.6 Å². The lowest BCUT2D eigenvalue weighted by atomic mass is 10.2. The van der Waals surface area contributed by atoms with Gasteiger partial charge in [-0.3, -0.25) is 4.99 Å². The van der Waals surface area contributed by atoms with E-state index < -0.39 is 9.84 Å². The molecule has 1 aliphatic heterocycles. The molecule has 5 nitrogen and oxygen atoms in total. The number of aliphatic imine (C=N–C) groups is 1. The van der Waals surface area contributed by atoms with Crippen molar-refractivity contribution < 1.29 is 8.42 Å². The Morgan fingerprint density at radius 2 is 1.70 bits per heavy atom. The fourth-order valence-corrected chi connectivity index (χ4v) is 3.81. The van der Waals surface area contributed by atoms with E-state index in [2.05, 4.69) is 9.89 Å². The van der Waals surface area contributed by atoms with Crippen LogP contribution in [0.25, 0.3) is 0 Å². The van der Waals surface area contributed by atoms with Crippen LogP contribution in [0, 0.1) is 0 Å². The highest BCUT2D eigenvalue weighted by atomic mass is 127. The van der Waals surface area contributed by atoms with E-state index in [4.69, 9.17) is 5.73 Å². The molecular weight excluding hydrogens is 425 g/mol. The van der Waals surface area contributed by atoms with E-state index in [0.717, 1.165) is 31.5 Å². The Morgan fingerprint density at radius 1 is 1.09 bits per heavy atom. The molecule has 1 heterocycles. The maximum atomic E-state index is 12.1. The molecule has 1 aromatic carbocycles. The predicted octanol–water partition coefficient (Wildman–Crippen LogP) is 2.41. The second kappa shape index (κ2) is 10.1. The number of guanidine groups is 1. The van der Waals surface area contributed by atoms with Gasteiger partial charge in [-0.15, -0.1) is 24.0 Å².